The molecule has 1 fully saturated rings. The van der Waals surface area contributed by atoms with Crippen LogP contribution in [-0.2, 0) is 4.74 Å². The van der Waals surface area contributed by atoms with Crippen LogP contribution in [0.25, 0.3) is 0 Å². The third kappa shape index (κ3) is 4.36. The topological polar surface area (TPSA) is 164 Å². The molecule has 0 unspecified atom stereocenters. The zero-order valence-corrected chi connectivity index (χ0v) is 18.5. The Bertz CT molecular complexity index is 1050. The van der Waals surface area contributed by atoms with Crippen molar-refractivity contribution >= 4 is 5.78 Å². The summed E-state index contributed by atoms with van der Waals surface area (Å²) in [5.74, 6) is 0.241. The second-order valence-corrected chi connectivity index (χ2v) is 7.98. The number of hydrogen-bond acceptors (Lipinski definition) is 11. The number of fused-ring (bicyclic) bond motifs is 1. The van der Waals surface area contributed by atoms with Crippen LogP contribution in [0.2, 0.25) is 0 Å². The Kier molecular flexibility index (Phi) is 6.82. The predicted molar refractivity (Wildman–Crippen MR) is 114 cm³/mol. The Morgan fingerprint density at radius 1 is 1.00 bits per heavy atom. The number of rotatable bonds is 6. The number of Topliss-reactive ketones (excluding diaryl/α,β-unsaturated/α-hetero) is 1. The Balaban J connectivity index is 1.65. The number of carbonyl (C=O) groups excluding carboxylic acids is 1. The summed E-state index contributed by atoms with van der Waals surface area (Å²) < 4.78 is 27.5. The van der Waals surface area contributed by atoms with Gasteiger partial charge in [-0.3, -0.25) is 4.79 Å². The summed E-state index contributed by atoms with van der Waals surface area (Å²) in [6.07, 6.45) is -8.30. The van der Waals surface area contributed by atoms with E-state index in [0.717, 1.165) is 0 Å². The average molecular weight is 478 g/mol. The van der Waals surface area contributed by atoms with E-state index in [1.54, 1.807) is 12.1 Å². The lowest BCUT2D eigenvalue weighted by Crippen LogP contribution is -2.60. The highest BCUT2D eigenvalue weighted by atomic mass is 16.7. The highest BCUT2D eigenvalue weighted by Crippen LogP contribution is 2.44. The van der Waals surface area contributed by atoms with Crippen molar-refractivity contribution < 1.29 is 54.0 Å². The Labute approximate surface area is 194 Å². The standard InChI is InChI=1S/C23H26O11/c1-30-11-6-16-19(13(26)8-15(32-16)10-3-4-14(31-2)12(25)5-10)17(7-11)33-23-22(29)21(28)20(27)18(9-24)34-23/h3-7,15,18,20-25,27-29H,8-9H2,1-2H3/t15-,18+,20+,21-,22+,23+/m1/s1. The van der Waals surface area contributed by atoms with Gasteiger partial charge in [-0.1, -0.05) is 6.07 Å². The lowest BCUT2D eigenvalue weighted by molar-refractivity contribution is -0.277. The van der Waals surface area contributed by atoms with Gasteiger partial charge in [0.1, 0.15) is 53.3 Å². The first-order chi connectivity index (χ1) is 16.3. The van der Waals surface area contributed by atoms with Gasteiger partial charge in [0, 0.05) is 12.1 Å². The summed E-state index contributed by atoms with van der Waals surface area (Å²) in [6, 6.07) is 7.59. The van der Waals surface area contributed by atoms with Crippen LogP contribution < -0.4 is 18.9 Å². The summed E-state index contributed by atoms with van der Waals surface area (Å²) in [5, 5.41) is 49.8. The van der Waals surface area contributed by atoms with Crippen LogP contribution in [0.1, 0.15) is 28.4 Å². The number of aliphatic hydroxyl groups is 4. The third-order valence-electron chi connectivity index (χ3n) is 5.86. The smallest absolute Gasteiger partial charge is 0.229 e. The molecule has 0 amide bonds. The Morgan fingerprint density at radius 3 is 2.41 bits per heavy atom. The minimum Gasteiger partial charge on any atom is -0.504 e. The van der Waals surface area contributed by atoms with Gasteiger partial charge in [0.15, 0.2) is 17.3 Å². The lowest BCUT2D eigenvalue weighted by atomic mass is 9.95. The van der Waals surface area contributed by atoms with Crippen LogP contribution in [0.15, 0.2) is 30.3 Å². The fourth-order valence-corrected chi connectivity index (χ4v) is 3.99. The van der Waals surface area contributed by atoms with E-state index >= 15 is 0 Å². The van der Waals surface area contributed by atoms with Crippen LogP contribution in [0.5, 0.6) is 28.7 Å². The van der Waals surface area contributed by atoms with Crippen molar-refractivity contribution in [2.45, 2.75) is 43.2 Å². The van der Waals surface area contributed by atoms with Crippen molar-refractivity contribution in [3.63, 3.8) is 0 Å². The van der Waals surface area contributed by atoms with Crippen LogP contribution in [-0.4, -0.2) is 82.8 Å². The Morgan fingerprint density at radius 2 is 1.76 bits per heavy atom. The van der Waals surface area contributed by atoms with Gasteiger partial charge in [0.05, 0.1) is 27.2 Å². The molecule has 0 radical (unpaired) electrons. The largest absolute Gasteiger partial charge is 0.504 e. The average Bonchev–Trinajstić information content (AvgIpc) is 2.83. The molecule has 0 saturated carbocycles. The van der Waals surface area contributed by atoms with Crippen LogP contribution in [0.3, 0.4) is 0 Å². The van der Waals surface area contributed by atoms with E-state index in [-0.39, 0.29) is 46.5 Å². The molecule has 0 bridgehead atoms. The van der Waals surface area contributed by atoms with E-state index in [2.05, 4.69) is 0 Å². The highest BCUT2D eigenvalue weighted by molar-refractivity contribution is 6.03. The molecule has 11 heteroatoms. The van der Waals surface area contributed by atoms with Gasteiger partial charge in [0.2, 0.25) is 6.29 Å². The number of benzene rings is 2. The van der Waals surface area contributed by atoms with E-state index in [1.807, 2.05) is 0 Å². The molecule has 2 aliphatic heterocycles. The fourth-order valence-electron chi connectivity index (χ4n) is 3.99. The molecule has 184 valence electrons. The number of phenols is 1. The lowest BCUT2D eigenvalue weighted by Gasteiger charge is -2.40. The number of carbonyl (C=O) groups is 1. The van der Waals surface area contributed by atoms with Gasteiger partial charge in [-0.15, -0.1) is 0 Å². The van der Waals surface area contributed by atoms with Crippen LogP contribution in [0.4, 0.5) is 0 Å². The van der Waals surface area contributed by atoms with Crippen LogP contribution in [0, 0.1) is 0 Å². The van der Waals surface area contributed by atoms with E-state index in [0.29, 0.717) is 5.56 Å². The molecule has 34 heavy (non-hydrogen) atoms. The van der Waals surface area contributed by atoms with Gasteiger partial charge in [0.25, 0.3) is 0 Å². The van der Waals surface area contributed by atoms with E-state index in [9.17, 15) is 30.3 Å². The zero-order valence-electron chi connectivity index (χ0n) is 18.5. The van der Waals surface area contributed by atoms with Crippen molar-refractivity contribution in [3.05, 3.63) is 41.5 Å². The van der Waals surface area contributed by atoms with Crippen molar-refractivity contribution in [2.24, 2.45) is 0 Å². The van der Waals surface area contributed by atoms with Crippen molar-refractivity contribution in [1.29, 1.82) is 0 Å². The molecule has 11 nitrogen and oxygen atoms in total. The second-order valence-electron chi connectivity index (χ2n) is 7.98. The SMILES string of the molecule is COc1cc(O[C@H]2O[C@@H](CO)[C@H](O)[C@@H](O)[C@@H]2O)c2c(c1)O[C@@H](c1ccc(OC)c(O)c1)CC2=O. The summed E-state index contributed by atoms with van der Waals surface area (Å²) >= 11 is 0. The molecule has 4 rings (SSSR count). The van der Waals surface area contributed by atoms with Crippen molar-refractivity contribution in [2.75, 3.05) is 20.8 Å². The van der Waals surface area contributed by atoms with Crippen LogP contribution >= 0.6 is 0 Å². The summed E-state index contributed by atoms with van der Waals surface area (Å²) in [6.45, 7) is -0.626. The second kappa shape index (κ2) is 9.65. The quantitative estimate of drug-likeness (QED) is 0.388. The minimum absolute atomic E-state index is 0.0280. The van der Waals surface area contributed by atoms with E-state index in [4.69, 9.17) is 23.7 Å². The summed E-state index contributed by atoms with van der Waals surface area (Å²) in [7, 11) is 2.83. The molecule has 5 N–H and O–H groups in total. The molecule has 0 spiro atoms. The number of hydrogen-bond donors (Lipinski definition) is 5. The monoisotopic (exact) mass is 478 g/mol. The molecule has 2 heterocycles. The number of ether oxygens (including phenoxy) is 5. The first-order valence-corrected chi connectivity index (χ1v) is 10.5. The van der Waals surface area contributed by atoms with Gasteiger partial charge in [-0.05, 0) is 17.7 Å². The molecule has 0 aliphatic carbocycles. The number of aromatic hydroxyl groups is 1. The van der Waals surface area contributed by atoms with E-state index < -0.39 is 43.4 Å². The molecule has 2 aliphatic rings. The molecular weight excluding hydrogens is 452 g/mol. The minimum atomic E-state index is -1.66. The third-order valence-corrected chi connectivity index (χ3v) is 5.86. The first kappa shape index (κ1) is 24.0. The number of methoxy groups -OCH3 is 2. The zero-order chi connectivity index (χ0) is 24.6. The maximum atomic E-state index is 13.1. The van der Waals surface area contributed by atoms with Gasteiger partial charge >= 0.3 is 0 Å². The van der Waals surface area contributed by atoms with Gasteiger partial charge in [-0.2, -0.15) is 0 Å². The fraction of sp³-hybridized carbons (Fsp3) is 0.435. The molecular formula is C23H26O11. The maximum Gasteiger partial charge on any atom is 0.229 e. The molecule has 2 aromatic rings. The molecule has 2 aromatic carbocycles. The number of phenolic OH excluding ortho intramolecular Hbond substituents is 1. The molecule has 0 aromatic heterocycles. The summed E-state index contributed by atoms with van der Waals surface area (Å²) in [5.41, 5.74) is 0.628. The summed E-state index contributed by atoms with van der Waals surface area (Å²) in [4.78, 5) is 13.1. The van der Waals surface area contributed by atoms with Gasteiger partial charge in [-0.25, -0.2) is 0 Å². The van der Waals surface area contributed by atoms with Crippen molar-refractivity contribution in [1.82, 2.24) is 0 Å². The maximum absolute atomic E-state index is 13.1. The molecule has 6 atom stereocenters. The van der Waals surface area contributed by atoms with E-state index in [1.165, 1.54) is 32.4 Å². The predicted octanol–water partition coefficient (Wildman–Crippen LogP) is 0.295. The van der Waals surface area contributed by atoms with Crippen molar-refractivity contribution in [3.8, 4) is 28.7 Å². The Hall–Kier alpha value is -3.09. The number of ketones is 1. The number of aliphatic hydroxyl groups excluding tert-OH is 4. The normalized spacial score (nSPS) is 28.6. The molecule has 1 saturated heterocycles. The highest BCUT2D eigenvalue weighted by Gasteiger charge is 2.45. The first-order valence-electron chi connectivity index (χ1n) is 10.5. The van der Waals surface area contributed by atoms with Gasteiger partial charge < -0.3 is 49.2 Å².